The SMILES string of the molecule is CCCCNC(=O)C1CC1C(=O)Nc1ccc(Br)c(C)c1. The number of carbonyl (C=O) groups excluding carboxylic acids is 2. The van der Waals surface area contributed by atoms with E-state index in [4.69, 9.17) is 0 Å². The summed E-state index contributed by atoms with van der Waals surface area (Å²) in [7, 11) is 0. The van der Waals surface area contributed by atoms with Crippen LogP contribution in [0.5, 0.6) is 0 Å². The van der Waals surface area contributed by atoms with Crippen LogP contribution in [0.2, 0.25) is 0 Å². The van der Waals surface area contributed by atoms with E-state index in [1.54, 1.807) is 0 Å². The van der Waals surface area contributed by atoms with Gasteiger partial charge in [0, 0.05) is 16.7 Å². The fourth-order valence-electron chi connectivity index (χ4n) is 2.25. The van der Waals surface area contributed by atoms with Gasteiger partial charge in [-0.2, -0.15) is 0 Å². The van der Waals surface area contributed by atoms with Crippen LogP contribution in [0.1, 0.15) is 31.7 Å². The molecule has 1 aliphatic rings. The Kier molecular flexibility index (Phi) is 5.39. The molecule has 0 radical (unpaired) electrons. The standard InChI is InChI=1S/C16H21BrN2O2/c1-3-4-7-18-15(20)12-9-13(12)16(21)19-11-5-6-14(17)10(2)8-11/h5-6,8,12-13H,3-4,7,9H2,1-2H3,(H,18,20)(H,19,21). The van der Waals surface area contributed by atoms with Gasteiger partial charge >= 0.3 is 0 Å². The number of carbonyl (C=O) groups is 2. The zero-order valence-corrected chi connectivity index (χ0v) is 14.0. The van der Waals surface area contributed by atoms with Gasteiger partial charge in [-0.25, -0.2) is 0 Å². The number of aryl methyl sites for hydroxylation is 1. The number of rotatable bonds is 6. The summed E-state index contributed by atoms with van der Waals surface area (Å²) in [5, 5.41) is 5.77. The first-order valence-electron chi connectivity index (χ1n) is 7.37. The maximum absolute atomic E-state index is 12.1. The van der Waals surface area contributed by atoms with Gasteiger partial charge in [-0.15, -0.1) is 0 Å². The molecule has 114 valence electrons. The maximum Gasteiger partial charge on any atom is 0.228 e. The molecule has 1 saturated carbocycles. The summed E-state index contributed by atoms with van der Waals surface area (Å²) in [6, 6.07) is 5.68. The number of hydrogen-bond acceptors (Lipinski definition) is 2. The summed E-state index contributed by atoms with van der Waals surface area (Å²) in [5.41, 5.74) is 1.84. The molecule has 0 aliphatic heterocycles. The molecule has 0 spiro atoms. The number of unbranched alkanes of at least 4 members (excludes halogenated alkanes) is 1. The summed E-state index contributed by atoms with van der Waals surface area (Å²) in [4.78, 5) is 24.0. The van der Waals surface area contributed by atoms with Crippen molar-refractivity contribution < 1.29 is 9.59 Å². The highest BCUT2D eigenvalue weighted by Crippen LogP contribution is 2.39. The summed E-state index contributed by atoms with van der Waals surface area (Å²) in [5.74, 6) is -0.392. The fourth-order valence-corrected chi connectivity index (χ4v) is 2.50. The Labute approximate surface area is 133 Å². The van der Waals surface area contributed by atoms with E-state index in [9.17, 15) is 9.59 Å². The quantitative estimate of drug-likeness (QED) is 0.772. The topological polar surface area (TPSA) is 58.2 Å². The summed E-state index contributed by atoms with van der Waals surface area (Å²) in [6.07, 6.45) is 2.69. The Morgan fingerprint density at radius 3 is 2.67 bits per heavy atom. The normalized spacial score (nSPS) is 20.0. The zero-order chi connectivity index (χ0) is 15.4. The molecular weight excluding hydrogens is 332 g/mol. The zero-order valence-electron chi connectivity index (χ0n) is 12.4. The molecule has 0 heterocycles. The van der Waals surface area contributed by atoms with Crippen LogP contribution in [-0.4, -0.2) is 18.4 Å². The molecule has 0 bridgehead atoms. The van der Waals surface area contributed by atoms with Crippen LogP contribution in [0.3, 0.4) is 0 Å². The second kappa shape index (κ2) is 7.07. The first kappa shape index (κ1) is 16.0. The van der Waals surface area contributed by atoms with Crippen molar-refractivity contribution in [3.63, 3.8) is 0 Å². The van der Waals surface area contributed by atoms with E-state index < -0.39 is 0 Å². The minimum atomic E-state index is -0.185. The van der Waals surface area contributed by atoms with Crippen molar-refractivity contribution in [2.24, 2.45) is 11.8 Å². The number of hydrogen-bond donors (Lipinski definition) is 2. The largest absolute Gasteiger partial charge is 0.356 e. The second-order valence-electron chi connectivity index (χ2n) is 5.55. The van der Waals surface area contributed by atoms with Gasteiger partial charge in [0.15, 0.2) is 0 Å². The molecular formula is C16H21BrN2O2. The Balaban J connectivity index is 1.82. The number of nitrogens with one attached hydrogen (secondary N) is 2. The van der Waals surface area contributed by atoms with Gasteiger partial charge in [-0.3, -0.25) is 9.59 Å². The van der Waals surface area contributed by atoms with Crippen molar-refractivity contribution in [2.45, 2.75) is 33.1 Å². The van der Waals surface area contributed by atoms with Crippen LogP contribution < -0.4 is 10.6 Å². The highest BCUT2D eigenvalue weighted by Gasteiger charge is 2.47. The third-order valence-corrected chi connectivity index (χ3v) is 4.61. The van der Waals surface area contributed by atoms with Crippen molar-refractivity contribution in [2.75, 3.05) is 11.9 Å². The van der Waals surface area contributed by atoms with Gasteiger partial charge in [0.1, 0.15) is 0 Å². The van der Waals surface area contributed by atoms with Gasteiger partial charge < -0.3 is 10.6 Å². The third-order valence-electron chi connectivity index (χ3n) is 3.72. The van der Waals surface area contributed by atoms with Crippen molar-refractivity contribution in [3.05, 3.63) is 28.2 Å². The van der Waals surface area contributed by atoms with E-state index in [0.717, 1.165) is 28.6 Å². The second-order valence-corrected chi connectivity index (χ2v) is 6.40. The third kappa shape index (κ3) is 4.30. The highest BCUT2D eigenvalue weighted by atomic mass is 79.9. The lowest BCUT2D eigenvalue weighted by Gasteiger charge is -2.07. The molecule has 5 heteroatoms. The highest BCUT2D eigenvalue weighted by molar-refractivity contribution is 9.10. The van der Waals surface area contributed by atoms with Crippen molar-refractivity contribution in [3.8, 4) is 0 Å². The lowest BCUT2D eigenvalue weighted by atomic mass is 10.2. The number of amides is 2. The molecule has 2 atom stereocenters. The van der Waals surface area contributed by atoms with Crippen LogP contribution in [0, 0.1) is 18.8 Å². The Hall–Kier alpha value is -1.36. The Bertz CT molecular complexity index is 545. The molecule has 0 aromatic heterocycles. The van der Waals surface area contributed by atoms with Crippen molar-refractivity contribution >= 4 is 33.4 Å². The van der Waals surface area contributed by atoms with E-state index in [1.165, 1.54) is 0 Å². The first-order valence-corrected chi connectivity index (χ1v) is 8.17. The molecule has 2 rings (SSSR count). The summed E-state index contributed by atoms with van der Waals surface area (Å²) >= 11 is 3.43. The number of benzene rings is 1. The smallest absolute Gasteiger partial charge is 0.228 e. The van der Waals surface area contributed by atoms with E-state index in [2.05, 4.69) is 33.5 Å². The molecule has 2 unspecified atom stereocenters. The molecule has 1 aromatic rings. The Morgan fingerprint density at radius 2 is 2.00 bits per heavy atom. The van der Waals surface area contributed by atoms with E-state index in [-0.39, 0.29) is 23.7 Å². The minimum Gasteiger partial charge on any atom is -0.356 e. The molecule has 2 amide bonds. The minimum absolute atomic E-state index is 0.00980. The van der Waals surface area contributed by atoms with Gasteiger partial charge in [-0.1, -0.05) is 29.3 Å². The molecule has 1 aliphatic carbocycles. The van der Waals surface area contributed by atoms with Crippen LogP contribution in [0.25, 0.3) is 0 Å². The average molecular weight is 353 g/mol. The predicted octanol–water partition coefficient (Wildman–Crippen LogP) is 3.25. The van der Waals surface area contributed by atoms with Crippen LogP contribution in [-0.2, 0) is 9.59 Å². The summed E-state index contributed by atoms with van der Waals surface area (Å²) in [6.45, 7) is 4.76. The van der Waals surface area contributed by atoms with E-state index in [1.807, 2.05) is 25.1 Å². The van der Waals surface area contributed by atoms with Gasteiger partial charge in [0.25, 0.3) is 0 Å². The average Bonchev–Trinajstić information content (AvgIpc) is 3.23. The fraction of sp³-hybridized carbons (Fsp3) is 0.500. The van der Waals surface area contributed by atoms with Crippen molar-refractivity contribution in [1.29, 1.82) is 0 Å². The van der Waals surface area contributed by atoms with Crippen molar-refractivity contribution in [1.82, 2.24) is 5.32 Å². The van der Waals surface area contributed by atoms with Crippen LogP contribution >= 0.6 is 15.9 Å². The molecule has 4 nitrogen and oxygen atoms in total. The Morgan fingerprint density at radius 1 is 1.29 bits per heavy atom. The van der Waals surface area contributed by atoms with E-state index >= 15 is 0 Å². The molecule has 1 aromatic carbocycles. The van der Waals surface area contributed by atoms with Gasteiger partial charge in [0.05, 0.1) is 11.8 Å². The number of anilines is 1. The lowest BCUT2D eigenvalue weighted by molar-refractivity contribution is -0.125. The molecule has 0 saturated heterocycles. The van der Waals surface area contributed by atoms with Gasteiger partial charge in [0.2, 0.25) is 11.8 Å². The monoisotopic (exact) mass is 352 g/mol. The van der Waals surface area contributed by atoms with Gasteiger partial charge in [-0.05, 0) is 43.5 Å². The molecule has 1 fully saturated rings. The summed E-state index contributed by atoms with van der Waals surface area (Å²) < 4.78 is 1.01. The number of halogens is 1. The van der Waals surface area contributed by atoms with Crippen LogP contribution in [0.15, 0.2) is 22.7 Å². The molecule has 2 N–H and O–H groups in total. The first-order chi connectivity index (χ1) is 10.0. The predicted molar refractivity (Wildman–Crippen MR) is 87.0 cm³/mol. The maximum atomic E-state index is 12.1. The van der Waals surface area contributed by atoms with E-state index in [0.29, 0.717) is 13.0 Å². The lowest BCUT2D eigenvalue weighted by Crippen LogP contribution is -2.28. The molecule has 21 heavy (non-hydrogen) atoms. The van der Waals surface area contributed by atoms with Crippen LogP contribution in [0.4, 0.5) is 5.69 Å².